The van der Waals surface area contributed by atoms with E-state index in [1.807, 2.05) is 30.7 Å². The molecule has 1 fully saturated rings. The number of thioether (sulfide) groups is 1. The van der Waals surface area contributed by atoms with Crippen LogP contribution in [0, 0.1) is 0 Å². The molecule has 3 rings (SSSR count). The van der Waals surface area contributed by atoms with Crippen molar-refractivity contribution in [1.29, 1.82) is 0 Å². The minimum absolute atomic E-state index is 0.0580. The highest BCUT2D eigenvalue weighted by atomic mass is 32.2. The zero-order valence-corrected chi connectivity index (χ0v) is 17.0. The Morgan fingerprint density at radius 3 is 2.70 bits per heavy atom. The van der Waals surface area contributed by atoms with Gasteiger partial charge in [0.05, 0.1) is 17.3 Å². The maximum atomic E-state index is 12.7. The van der Waals surface area contributed by atoms with Gasteiger partial charge in [0.2, 0.25) is 5.91 Å². The smallest absolute Gasteiger partial charge is 0.233 e. The minimum atomic E-state index is -3.03. The van der Waals surface area contributed by atoms with E-state index in [9.17, 15) is 13.2 Å². The van der Waals surface area contributed by atoms with Gasteiger partial charge in [-0.15, -0.1) is 10.2 Å². The largest absolute Gasteiger partial charge is 0.338 e. The number of hydrogen-bond donors (Lipinski definition) is 0. The molecule has 0 saturated carbocycles. The molecule has 0 radical (unpaired) electrons. The van der Waals surface area contributed by atoms with Crippen LogP contribution in [-0.4, -0.2) is 68.8 Å². The maximum Gasteiger partial charge on any atom is 0.233 e. The minimum Gasteiger partial charge on any atom is -0.338 e. The fourth-order valence-electron chi connectivity index (χ4n) is 3.18. The van der Waals surface area contributed by atoms with Crippen molar-refractivity contribution in [3.63, 3.8) is 0 Å². The van der Waals surface area contributed by atoms with Gasteiger partial charge >= 0.3 is 0 Å². The lowest BCUT2D eigenvalue weighted by atomic mass is 10.2. The Bertz CT molecular complexity index is 899. The number of pyridine rings is 1. The Balaban J connectivity index is 1.67. The van der Waals surface area contributed by atoms with Crippen LogP contribution in [0.2, 0.25) is 0 Å². The van der Waals surface area contributed by atoms with Crippen LogP contribution in [0.3, 0.4) is 0 Å². The fraction of sp³-hybridized carbons (Fsp3) is 0.529. The van der Waals surface area contributed by atoms with Gasteiger partial charge in [0, 0.05) is 37.6 Å². The summed E-state index contributed by atoms with van der Waals surface area (Å²) in [7, 11) is -1.17. The molecule has 0 N–H and O–H groups in total. The van der Waals surface area contributed by atoms with Crippen LogP contribution in [0.15, 0.2) is 29.7 Å². The van der Waals surface area contributed by atoms with Gasteiger partial charge in [0.25, 0.3) is 0 Å². The number of carbonyl (C=O) groups is 1. The van der Waals surface area contributed by atoms with Crippen LogP contribution in [0.1, 0.15) is 19.8 Å². The third kappa shape index (κ3) is 4.67. The van der Waals surface area contributed by atoms with E-state index >= 15 is 0 Å². The zero-order chi connectivity index (χ0) is 19.4. The second kappa shape index (κ2) is 8.39. The number of sulfone groups is 1. The number of rotatable bonds is 7. The first-order chi connectivity index (χ1) is 12.9. The SMILES string of the molecule is CCCN(C(=O)CSc1nnc(-c2ccncc2)n1C)[C@H]1CCS(=O)(=O)C1. The van der Waals surface area contributed by atoms with Gasteiger partial charge in [-0.05, 0) is 25.0 Å². The summed E-state index contributed by atoms with van der Waals surface area (Å²) in [5.74, 6) is 1.09. The van der Waals surface area contributed by atoms with E-state index in [0.717, 1.165) is 12.0 Å². The van der Waals surface area contributed by atoms with E-state index < -0.39 is 9.84 Å². The van der Waals surface area contributed by atoms with Gasteiger partial charge in [0.1, 0.15) is 0 Å². The Labute approximate surface area is 163 Å². The third-order valence-corrected chi connectivity index (χ3v) is 7.29. The molecule has 0 aromatic carbocycles. The fourth-order valence-corrected chi connectivity index (χ4v) is 5.70. The summed E-state index contributed by atoms with van der Waals surface area (Å²) in [6, 6.07) is 3.50. The summed E-state index contributed by atoms with van der Waals surface area (Å²) in [6.45, 7) is 2.56. The number of aromatic nitrogens is 4. The molecule has 1 aliphatic heterocycles. The summed E-state index contributed by atoms with van der Waals surface area (Å²) < 4.78 is 25.4. The van der Waals surface area contributed by atoms with E-state index in [-0.39, 0.29) is 29.2 Å². The summed E-state index contributed by atoms with van der Waals surface area (Å²) in [5, 5.41) is 9.02. The molecular weight excluding hydrogens is 386 g/mol. The van der Waals surface area contributed by atoms with Crippen LogP contribution in [0.5, 0.6) is 0 Å². The van der Waals surface area contributed by atoms with Gasteiger partial charge in [-0.1, -0.05) is 18.7 Å². The summed E-state index contributed by atoms with van der Waals surface area (Å²) in [5.41, 5.74) is 0.905. The molecule has 2 aromatic rings. The highest BCUT2D eigenvalue weighted by Crippen LogP contribution is 2.24. The molecule has 27 heavy (non-hydrogen) atoms. The molecule has 1 amide bonds. The summed E-state index contributed by atoms with van der Waals surface area (Å²) in [6.07, 6.45) is 4.70. The van der Waals surface area contributed by atoms with E-state index in [4.69, 9.17) is 0 Å². The van der Waals surface area contributed by atoms with Gasteiger partial charge in [-0.2, -0.15) is 0 Å². The van der Waals surface area contributed by atoms with Gasteiger partial charge in [0.15, 0.2) is 20.8 Å². The molecule has 1 atom stereocenters. The predicted octanol–water partition coefficient (Wildman–Crippen LogP) is 1.39. The molecule has 3 heterocycles. The first-order valence-electron chi connectivity index (χ1n) is 8.83. The lowest BCUT2D eigenvalue weighted by Crippen LogP contribution is -2.42. The first kappa shape index (κ1) is 19.8. The molecule has 0 aliphatic carbocycles. The zero-order valence-electron chi connectivity index (χ0n) is 15.4. The van der Waals surface area contributed by atoms with Crippen molar-refractivity contribution >= 4 is 27.5 Å². The van der Waals surface area contributed by atoms with Crippen LogP contribution in [0.25, 0.3) is 11.4 Å². The third-order valence-electron chi connectivity index (χ3n) is 4.53. The standard InChI is InChI=1S/C17H23N5O3S2/c1-3-9-22(14-6-10-27(24,25)12-14)15(23)11-26-17-20-19-16(21(17)2)13-4-7-18-8-5-13/h4-5,7-8,14H,3,6,9-12H2,1-2H3/t14-/m0/s1. The van der Waals surface area contributed by atoms with Crippen molar-refractivity contribution in [2.45, 2.75) is 31.0 Å². The Kier molecular flexibility index (Phi) is 6.15. The Morgan fingerprint density at radius 1 is 1.33 bits per heavy atom. The van der Waals surface area contributed by atoms with Crippen molar-refractivity contribution in [2.24, 2.45) is 7.05 Å². The van der Waals surface area contributed by atoms with E-state index in [0.29, 0.717) is 23.9 Å². The van der Waals surface area contributed by atoms with Crippen LogP contribution >= 0.6 is 11.8 Å². The molecule has 10 heteroatoms. The normalized spacial score (nSPS) is 18.5. The Morgan fingerprint density at radius 2 is 2.07 bits per heavy atom. The first-order valence-corrected chi connectivity index (χ1v) is 11.6. The van der Waals surface area contributed by atoms with Gasteiger partial charge in [-0.3, -0.25) is 9.78 Å². The highest BCUT2D eigenvalue weighted by Gasteiger charge is 2.34. The summed E-state index contributed by atoms with van der Waals surface area (Å²) >= 11 is 1.32. The maximum absolute atomic E-state index is 12.7. The topological polar surface area (TPSA) is 98.1 Å². The summed E-state index contributed by atoms with van der Waals surface area (Å²) in [4.78, 5) is 18.5. The highest BCUT2D eigenvalue weighted by molar-refractivity contribution is 7.99. The van der Waals surface area contributed by atoms with Crippen molar-refractivity contribution < 1.29 is 13.2 Å². The van der Waals surface area contributed by atoms with Crippen molar-refractivity contribution in [3.8, 4) is 11.4 Å². The lowest BCUT2D eigenvalue weighted by Gasteiger charge is -2.27. The number of amides is 1. The number of carbonyl (C=O) groups excluding carboxylic acids is 1. The van der Waals surface area contributed by atoms with Crippen molar-refractivity contribution in [3.05, 3.63) is 24.5 Å². The van der Waals surface area contributed by atoms with E-state index in [1.54, 1.807) is 17.3 Å². The van der Waals surface area contributed by atoms with Gasteiger partial charge in [-0.25, -0.2) is 8.42 Å². The van der Waals surface area contributed by atoms with Crippen LogP contribution in [0.4, 0.5) is 0 Å². The molecule has 0 bridgehead atoms. The van der Waals surface area contributed by atoms with E-state index in [2.05, 4.69) is 15.2 Å². The molecular formula is C17H23N5O3S2. The number of nitrogens with zero attached hydrogens (tertiary/aromatic N) is 5. The molecule has 1 saturated heterocycles. The molecule has 8 nitrogen and oxygen atoms in total. The Hall–Kier alpha value is -1.94. The molecule has 2 aromatic heterocycles. The van der Waals surface area contributed by atoms with Crippen molar-refractivity contribution in [2.75, 3.05) is 23.8 Å². The second-order valence-corrected chi connectivity index (χ2v) is 9.70. The number of hydrogen-bond acceptors (Lipinski definition) is 7. The van der Waals surface area contributed by atoms with Crippen LogP contribution in [-0.2, 0) is 21.7 Å². The monoisotopic (exact) mass is 409 g/mol. The van der Waals surface area contributed by atoms with Crippen molar-refractivity contribution in [1.82, 2.24) is 24.6 Å². The average molecular weight is 410 g/mol. The van der Waals surface area contributed by atoms with E-state index in [1.165, 1.54) is 11.8 Å². The molecule has 1 aliphatic rings. The molecule has 146 valence electrons. The molecule has 0 spiro atoms. The van der Waals surface area contributed by atoms with Crippen LogP contribution < -0.4 is 0 Å². The average Bonchev–Trinajstić information content (AvgIpc) is 3.20. The second-order valence-electron chi connectivity index (χ2n) is 6.53. The predicted molar refractivity (Wildman–Crippen MR) is 104 cm³/mol. The molecule has 0 unspecified atom stereocenters. The van der Waals surface area contributed by atoms with Gasteiger partial charge < -0.3 is 9.47 Å². The lowest BCUT2D eigenvalue weighted by molar-refractivity contribution is -0.130. The quantitative estimate of drug-likeness (QED) is 0.637.